The Hall–Kier alpha value is -2.83. The van der Waals surface area contributed by atoms with Crippen molar-refractivity contribution in [1.82, 2.24) is 9.88 Å². The van der Waals surface area contributed by atoms with Crippen molar-refractivity contribution in [3.63, 3.8) is 0 Å². The number of aromatic nitrogens is 1. The molecule has 0 bridgehead atoms. The average molecular weight is 410 g/mol. The molecule has 28 heavy (non-hydrogen) atoms. The third-order valence-electron chi connectivity index (χ3n) is 4.07. The fourth-order valence-electron chi connectivity index (χ4n) is 2.74. The minimum atomic E-state index is -0.0945. The lowest BCUT2D eigenvalue weighted by Gasteiger charge is -2.11. The number of benzene rings is 1. The number of aliphatic imine (C=N–C) groups is 1. The van der Waals surface area contributed by atoms with Gasteiger partial charge in [0, 0.05) is 29.4 Å². The monoisotopic (exact) mass is 409 g/mol. The Morgan fingerprint density at radius 3 is 2.86 bits per heavy atom. The summed E-state index contributed by atoms with van der Waals surface area (Å²) < 4.78 is 5.89. The van der Waals surface area contributed by atoms with Gasteiger partial charge in [0.05, 0.1) is 4.91 Å². The number of pyridine rings is 1. The highest BCUT2D eigenvalue weighted by atomic mass is 35.5. The number of nitrogens with zero attached hydrogens (tertiary/aromatic N) is 3. The molecular weight excluding hydrogens is 394 g/mol. The van der Waals surface area contributed by atoms with Gasteiger partial charge in [-0.15, -0.1) is 0 Å². The summed E-state index contributed by atoms with van der Waals surface area (Å²) in [6.07, 6.45) is 3.42. The van der Waals surface area contributed by atoms with E-state index in [9.17, 15) is 4.79 Å². The number of hydrogen-bond acceptors (Lipinski definition) is 5. The molecule has 3 aromatic rings. The van der Waals surface area contributed by atoms with Crippen LogP contribution in [-0.4, -0.2) is 27.5 Å². The Morgan fingerprint density at radius 2 is 2.11 bits per heavy atom. The van der Waals surface area contributed by atoms with Crippen LogP contribution < -0.4 is 0 Å². The van der Waals surface area contributed by atoms with Crippen LogP contribution in [0.15, 0.2) is 75.1 Å². The zero-order chi connectivity index (χ0) is 19.5. The maximum Gasteiger partial charge on any atom is 0.266 e. The maximum absolute atomic E-state index is 12.7. The van der Waals surface area contributed by atoms with Crippen molar-refractivity contribution < 1.29 is 9.21 Å². The second-order valence-electron chi connectivity index (χ2n) is 5.95. The van der Waals surface area contributed by atoms with E-state index in [0.717, 1.165) is 5.56 Å². The first-order valence-electron chi connectivity index (χ1n) is 8.71. The maximum atomic E-state index is 12.7. The highest BCUT2D eigenvalue weighted by molar-refractivity contribution is 8.18. The standard InChI is InChI=1S/C21H16ClN3O2S/c1-2-25-20(26)18(28-21(25)24-19-8-3-4-11-23-19)13-16-9-10-17(27-16)14-6-5-7-15(22)12-14/h3-13H,2H2,1H3/b18-13+,24-21+. The molecule has 0 N–H and O–H groups in total. The zero-order valence-corrected chi connectivity index (χ0v) is 16.6. The molecule has 0 unspecified atom stereocenters. The molecule has 140 valence electrons. The van der Waals surface area contributed by atoms with E-state index in [1.807, 2.05) is 55.5 Å². The molecule has 1 saturated heterocycles. The van der Waals surface area contributed by atoms with Crippen LogP contribution in [0.1, 0.15) is 12.7 Å². The van der Waals surface area contributed by atoms with Crippen molar-refractivity contribution in [2.24, 2.45) is 4.99 Å². The Morgan fingerprint density at radius 1 is 1.21 bits per heavy atom. The van der Waals surface area contributed by atoms with Crippen LogP contribution in [0, 0.1) is 0 Å². The van der Waals surface area contributed by atoms with Gasteiger partial charge in [0.25, 0.3) is 5.91 Å². The molecule has 5 nitrogen and oxygen atoms in total. The van der Waals surface area contributed by atoms with Crippen LogP contribution in [0.4, 0.5) is 5.82 Å². The number of thioether (sulfide) groups is 1. The Balaban J connectivity index is 1.62. The van der Waals surface area contributed by atoms with Crippen molar-refractivity contribution in [2.45, 2.75) is 6.92 Å². The third-order valence-corrected chi connectivity index (χ3v) is 5.31. The van der Waals surface area contributed by atoms with Crippen molar-refractivity contribution >= 4 is 46.3 Å². The smallest absolute Gasteiger partial charge is 0.266 e. The van der Waals surface area contributed by atoms with Gasteiger partial charge in [-0.05, 0) is 55.1 Å². The molecular formula is C21H16ClN3O2S. The van der Waals surface area contributed by atoms with Gasteiger partial charge in [-0.25, -0.2) is 9.98 Å². The molecule has 0 saturated carbocycles. The molecule has 4 rings (SSSR count). The summed E-state index contributed by atoms with van der Waals surface area (Å²) in [6, 6.07) is 16.6. The molecule has 2 aromatic heterocycles. The fraction of sp³-hybridized carbons (Fsp3) is 0.0952. The first kappa shape index (κ1) is 18.5. The molecule has 0 spiro atoms. The van der Waals surface area contributed by atoms with Crippen molar-refractivity contribution in [3.05, 3.63) is 76.5 Å². The molecule has 1 aliphatic rings. The molecule has 7 heteroatoms. The van der Waals surface area contributed by atoms with E-state index >= 15 is 0 Å². The summed E-state index contributed by atoms with van der Waals surface area (Å²) in [5.41, 5.74) is 0.884. The van der Waals surface area contributed by atoms with Crippen molar-refractivity contribution in [3.8, 4) is 11.3 Å². The Bertz CT molecular complexity index is 1080. The molecule has 1 amide bonds. The molecule has 0 aliphatic carbocycles. The van der Waals surface area contributed by atoms with Gasteiger partial charge in [-0.3, -0.25) is 9.69 Å². The number of rotatable bonds is 4. The number of amides is 1. The van der Waals surface area contributed by atoms with E-state index in [1.54, 1.807) is 23.2 Å². The summed E-state index contributed by atoms with van der Waals surface area (Å²) in [7, 11) is 0. The number of halogens is 1. The summed E-state index contributed by atoms with van der Waals surface area (Å²) >= 11 is 7.36. The molecule has 1 aromatic carbocycles. The zero-order valence-electron chi connectivity index (χ0n) is 15.0. The van der Waals surface area contributed by atoms with Gasteiger partial charge in [0.2, 0.25) is 0 Å². The minimum absolute atomic E-state index is 0.0945. The minimum Gasteiger partial charge on any atom is -0.457 e. The lowest BCUT2D eigenvalue weighted by molar-refractivity contribution is -0.122. The van der Waals surface area contributed by atoms with Crippen LogP contribution in [0.25, 0.3) is 17.4 Å². The molecule has 0 radical (unpaired) electrons. The van der Waals surface area contributed by atoms with Crippen LogP contribution in [0.2, 0.25) is 5.02 Å². The van der Waals surface area contributed by atoms with E-state index in [1.165, 1.54) is 11.8 Å². The summed E-state index contributed by atoms with van der Waals surface area (Å²) in [5, 5.41) is 1.25. The van der Waals surface area contributed by atoms with E-state index in [-0.39, 0.29) is 5.91 Å². The normalized spacial score (nSPS) is 17.1. The number of carbonyl (C=O) groups excluding carboxylic acids is 1. The lowest BCUT2D eigenvalue weighted by Crippen LogP contribution is -2.28. The van der Waals surface area contributed by atoms with E-state index in [2.05, 4.69) is 9.98 Å². The van der Waals surface area contributed by atoms with Crippen molar-refractivity contribution in [2.75, 3.05) is 6.54 Å². The molecule has 1 fully saturated rings. The number of amidine groups is 1. The second kappa shape index (κ2) is 8.04. The van der Waals surface area contributed by atoms with E-state index < -0.39 is 0 Å². The largest absolute Gasteiger partial charge is 0.457 e. The summed E-state index contributed by atoms with van der Waals surface area (Å²) in [4.78, 5) is 23.6. The number of furan rings is 1. The Labute approximate surface area is 171 Å². The van der Waals surface area contributed by atoms with Gasteiger partial charge >= 0.3 is 0 Å². The fourth-order valence-corrected chi connectivity index (χ4v) is 3.97. The van der Waals surface area contributed by atoms with Gasteiger partial charge in [0.15, 0.2) is 11.0 Å². The molecule has 1 aliphatic heterocycles. The first-order chi connectivity index (χ1) is 13.6. The van der Waals surface area contributed by atoms with Crippen LogP contribution >= 0.6 is 23.4 Å². The predicted molar refractivity (Wildman–Crippen MR) is 113 cm³/mol. The first-order valence-corrected chi connectivity index (χ1v) is 9.90. The average Bonchev–Trinajstić information content (AvgIpc) is 3.28. The van der Waals surface area contributed by atoms with Gasteiger partial charge in [-0.2, -0.15) is 0 Å². The van der Waals surface area contributed by atoms with Gasteiger partial charge < -0.3 is 4.42 Å². The topological polar surface area (TPSA) is 58.7 Å². The van der Waals surface area contributed by atoms with Crippen molar-refractivity contribution in [1.29, 1.82) is 0 Å². The SMILES string of the molecule is CCN1C(=O)/C(=C\c2ccc(-c3cccc(Cl)c3)o2)S/C1=N/c1ccccn1. The van der Waals surface area contributed by atoms with Crippen LogP contribution in [0.5, 0.6) is 0 Å². The number of likely N-dealkylation sites (N-methyl/N-ethyl adjacent to an activating group) is 1. The van der Waals surface area contributed by atoms with Crippen LogP contribution in [-0.2, 0) is 4.79 Å². The third kappa shape index (κ3) is 3.88. The second-order valence-corrected chi connectivity index (χ2v) is 7.40. The summed E-state index contributed by atoms with van der Waals surface area (Å²) in [5.74, 6) is 1.77. The van der Waals surface area contributed by atoms with Gasteiger partial charge in [-0.1, -0.05) is 29.8 Å². The Kier molecular flexibility index (Phi) is 5.32. The predicted octanol–water partition coefficient (Wildman–Crippen LogP) is 5.62. The van der Waals surface area contributed by atoms with Gasteiger partial charge in [0.1, 0.15) is 11.5 Å². The highest BCUT2D eigenvalue weighted by Gasteiger charge is 2.32. The molecule has 3 heterocycles. The molecule has 0 atom stereocenters. The van der Waals surface area contributed by atoms with E-state index in [0.29, 0.717) is 39.0 Å². The quantitative estimate of drug-likeness (QED) is 0.525. The van der Waals surface area contributed by atoms with E-state index in [4.69, 9.17) is 16.0 Å². The van der Waals surface area contributed by atoms with Crippen LogP contribution in [0.3, 0.4) is 0 Å². The lowest BCUT2D eigenvalue weighted by atomic mass is 10.2. The highest BCUT2D eigenvalue weighted by Crippen LogP contribution is 2.34. The number of carbonyl (C=O) groups is 1. The summed E-state index contributed by atoms with van der Waals surface area (Å²) in [6.45, 7) is 2.44. The number of hydrogen-bond donors (Lipinski definition) is 0.